The molecule has 2 aromatic heterocycles. The number of fused-ring (bicyclic) bond motifs is 1. The van der Waals surface area contributed by atoms with E-state index in [2.05, 4.69) is 15.3 Å². The summed E-state index contributed by atoms with van der Waals surface area (Å²) in [4.78, 5) is 34.8. The Morgan fingerprint density at radius 1 is 1.14 bits per heavy atom. The average Bonchev–Trinajstić information content (AvgIpc) is 3.11. The SMILES string of the molecule is O=C(C1CCC1)N1CCCC(c2nc3c(nnn3Cc3ccccc3)c(=O)[nH]2)C1. The number of nitrogens with zero attached hydrogens (tertiary/aromatic N) is 5. The predicted octanol–water partition coefficient (Wildman–Crippen LogP) is 2.07. The van der Waals surface area contributed by atoms with E-state index in [-0.39, 0.29) is 28.8 Å². The first kappa shape index (κ1) is 18.0. The molecule has 1 atom stereocenters. The first-order valence-corrected chi connectivity index (χ1v) is 10.3. The number of piperidine rings is 1. The zero-order chi connectivity index (χ0) is 19.8. The van der Waals surface area contributed by atoms with Crippen molar-refractivity contribution in [1.29, 1.82) is 0 Å². The summed E-state index contributed by atoms with van der Waals surface area (Å²) in [7, 11) is 0. The van der Waals surface area contributed by atoms with Gasteiger partial charge in [-0.05, 0) is 31.2 Å². The molecular formula is C21H24N6O2. The number of hydrogen-bond donors (Lipinski definition) is 1. The summed E-state index contributed by atoms with van der Waals surface area (Å²) in [5.41, 5.74) is 1.54. The van der Waals surface area contributed by atoms with Crippen LogP contribution >= 0.6 is 0 Å². The van der Waals surface area contributed by atoms with E-state index >= 15 is 0 Å². The topological polar surface area (TPSA) is 96.8 Å². The van der Waals surface area contributed by atoms with Gasteiger partial charge in [-0.1, -0.05) is 42.0 Å². The molecule has 1 aromatic carbocycles. The van der Waals surface area contributed by atoms with Crippen molar-refractivity contribution in [3.8, 4) is 0 Å². The number of carbonyl (C=O) groups is 1. The largest absolute Gasteiger partial charge is 0.342 e. The Kier molecular flexibility index (Phi) is 4.61. The van der Waals surface area contributed by atoms with Crippen LogP contribution in [0.4, 0.5) is 0 Å². The smallest absolute Gasteiger partial charge is 0.281 e. The Hall–Kier alpha value is -3.03. The molecule has 1 amide bonds. The fraction of sp³-hybridized carbons (Fsp3) is 0.476. The predicted molar refractivity (Wildman–Crippen MR) is 107 cm³/mol. The molecular weight excluding hydrogens is 368 g/mol. The maximum atomic E-state index is 12.7. The number of hydrogen-bond acceptors (Lipinski definition) is 5. The van der Waals surface area contributed by atoms with E-state index in [4.69, 9.17) is 4.98 Å². The Morgan fingerprint density at radius 2 is 1.97 bits per heavy atom. The number of benzene rings is 1. The average molecular weight is 392 g/mol. The minimum Gasteiger partial charge on any atom is -0.342 e. The summed E-state index contributed by atoms with van der Waals surface area (Å²) >= 11 is 0. The number of likely N-dealkylation sites (tertiary alicyclic amines) is 1. The van der Waals surface area contributed by atoms with Crippen LogP contribution in [-0.2, 0) is 11.3 Å². The van der Waals surface area contributed by atoms with E-state index in [1.54, 1.807) is 4.68 Å². The minimum atomic E-state index is -0.272. The summed E-state index contributed by atoms with van der Waals surface area (Å²) in [6.07, 6.45) is 4.99. The van der Waals surface area contributed by atoms with Crippen molar-refractivity contribution in [2.24, 2.45) is 5.92 Å². The molecule has 2 fully saturated rings. The highest BCUT2D eigenvalue weighted by molar-refractivity contribution is 5.79. The van der Waals surface area contributed by atoms with Gasteiger partial charge in [-0.3, -0.25) is 9.59 Å². The van der Waals surface area contributed by atoms with Gasteiger partial charge >= 0.3 is 0 Å². The first-order valence-electron chi connectivity index (χ1n) is 10.3. The molecule has 8 heteroatoms. The highest BCUT2D eigenvalue weighted by atomic mass is 16.2. The lowest BCUT2D eigenvalue weighted by Gasteiger charge is -2.36. The molecule has 1 saturated heterocycles. The van der Waals surface area contributed by atoms with Gasteiger partial charge in [0.1, 0.15) is 5.82 Å². The summed E-state index contributed by atoms with van der Waals surface area (Å²) < 4.78 is 1.67. The van der Waals surface area contributed by atoms with Crippen LogP contribution in [0.5, 0.6) is 0 Å². The number of aromatic amines is 1. The van der Waals surface area contributed by atoms with E-state index in [1.807, 2.05) is 35.2 Å². The summed E-state index contributed by atoms with van der Waals surface area (Å²) in [5.74, 6) is 1.12. The fourth-order valence-electron chi connectivity index (χ4n) is 4.25. The highest BCUT2D eigenvalue weighted by Crippen LogP contribution is 2.31. The molecule has 1 N–H and O–H groups in total. The number of aromatic nitrogens is 5. The van der Waals surface area contributed by atoms with Gasteiger partial charge in [-0.15, -0.1) is 5.10 Å². The van der Waals surface area contributed by atoms with Gasteiger partial charge in [-0.2, -0.15) is 0 Å². The standard InChI is InChI=1S/C21H24N6O2/c28-20-17-19(27(25-24-17)12-14-6-2-1-3-7-14)22-18(23-20)16-10-5-11-26(13-16)21(29)15-8-4-9-15/h1-3,6-7,15-16H,4-5,8-13H2,(H,22,23,28). The minimum absolute atomic E-state index is 0.0324. The van der Waals surface area contributed by atoms with Crippen molar-refractivity contribution in [2.45, 2.75) is 44.6 Å². The molecule has 0 bridgehead atoms. The molecule has 150 valence electrons. The normalized spacial score (nSPS) is 20.0. The number of amides is 1. The van der Waals surface area contributed by atoms with Crippen LogP contribution in [0.3, 0.4) is 0 Å². The summed E-state index contributed by atoms with van der Waals surface area (Å²) in [6, 6.07) is 9.91. The molecule has 5 rings (SSSR count). The number of H-pyrrole nitrogens is 1. The van der Waals surface area contributed by atoms with Gasteiger partial charge in [0, 0.05) is 24.9 Å². The Balaban J connectivity index is 1.43. The van der Waals surface area contributed by atoms with Crippen LogP contribution in [0, 0.1) is 5.92 Å². The molecule has 2 aliphatic rings. The van der Waals surface area contributed by atoms with Crippen LogP contribution in [0.15, 0.2) is 35.1 Å². The van der Waals surface area contributed by atoms with E-state index in [0.29, 0.717) is 24.6 Å². The van der Waals surface area contributed by atoms with Crippen LogP contribution in [-0.4, -0.2) is 48.9 Å². The monoisotopic (exact) mass is 392 g/mol. The summed E-state index contributed by atoms with van der Waals surface area (Å²) in [6.45, 7) is 1.92. The Bertz CT molecular complexity index is 1090. The van der Waals surface area contributed by atoms with Gasteiger partial charge in [0.15, 0.2) is 11.2 Å². The van der Waals surface area contributed by atoms with Gasteiger partial charge in [0.25, 0.3) is 5.56 Å². The van der Waals surface area contributed by atoms with Crippen LogP contribution in [0.2, 0.25) is 0 Å². The lowest BCUT2D eigenvalue weighted by Crippen LogP contribution is -2.44. The summed E-state index contributed by atoms with van der Waals surface area (Å²) in [5, 5.41) is 8.17. The van der Waals surface area contributed by atoms with Gasteiger partial charge in [0.2, 0.25) is 5.91 Å². The third-order valence-corrected chi connectivity index (χ3v) is 6.14. The molecule has 0 spiro atoms. The van der Waals surface area contributed by atoms with E-state index in [1.165, 1.54) is 0 Å². The van der Waals surface area contributed by atoms with Crippen molar-refractivity contribution in [2.75, 3.05) is 13.1 Å². The molecule has 3 heterocycles. The number of nitrogens with one attached hydrogen (secondary N) is 1. The molecule has 1 saturated carbocycles. The molecule has 1 aliphatic carbocycles. The highest BCUT2D eigenvalue weighted by Gasteiger charge is 2.33. The van der Waals surface area contributed by atoms with Gasteiger partial charge < -0.3 is 9.88 Å². The molecule has 1 unspecified atom stereocenters. The third kappa shape index (κ3) is 3.43. The number of rotatable bonds is 4. The molecule has 0 radical (unpaired) electrons. The van der Waals surface area contributed by atoms with Crippen molar-refractivity contribution in [3.63, 3.8) is 0 Å². The first-order chi connectivity index (χ1) is 14.2. The van der Waals surface area contributed by atoms with Crippen molar-refractivity contribution in [1.82, 2.24) is 29.9 Å². The van der Waals surface area contributed by atoms with Crippen LogP contribution < -0.4 is 5.56 Å². The lowest BCUT2D eigenvalue weighted by molar-refractivity contribution is -0.139. The van der Waals surface area contributed by atoms with E-state index in [0.717, 1.165) is 44.2 Å². The second-order valence-electron chi connectivity index (χ2n) is 8.11. The maximum absolute atomic E-state index is 12.7. The second kappa shape index (κ2) is 7.42. The second-order valence-corrected chi connectivity index (χ2v) is 8.11. The lowest BCUT2D eigenvalue weighted by atomic mass is 9.83. The van der Waals surface area contributed by atoms with Crippen LogP contribution in [0.1, 0.15) is 49.4 Å². The van der Waals surface area contributed by atoms with Gasteiger partial charge in [-0.25, -0.2) is 9.67 Å². The maximum Gasteiger partial charge on any atom is 0.281 e. The van der Waals surface area contributed by atoms with Crippen molar-refractivity contribution >= 4 is 17.1 Å². The molecule has 1 aliphatic heterocycles. The number of carbonyl (C=O) groups excluding carboxylic acids is 1. The molecule has 3 aromatic rings. The Labute approximate surface area is 167 Å². The van der Waals surface area contributed by atoms with Crippen molar-refractivity contribution < 1.29 is 4.79 Å². The molecule has 29 heavy (non-hydrogen) atoms. The van der Waals surface area contributed by atoms with Crippen LogP contribution in [0.25, 0.3) is 11.2 Å². The van der Waals surface area contributed by atoms with Crippen molar-refractivity contribution in [3.05, 3.63) is 52.1 Å². The quantitative estimate of drug-likeness (QED) is 0.733. The Morgan fingerprint density at radius 3 is 2.72 bits per heavy atom. The fourth-order valence-corrected chi connectivity index (χ4v) is 4.25. The zero-order valence-corrected chi connectivity index (χ0v) is 16.3. The molecule has 8 nitrogen and oxygen atoms in total. The third-order valence-electron chi connectivity index (χ3n) is 6.14. The van der Waals surface area contributed by atoms with E-state index in [9.17, 15) is 9.59 Å². The zero-order valence-electron chi connectivity index (χ0n) is 16.3. The van der Waals surface area contributed by atoms with Gasteiger partial charge in [0.05, 0.1) is 6.54 Å². The van der Waals surface area contributed by atoms with E-state index < -0.39 is 0 Å².